The highest BCUT2D eigenvalue weighted by molar-refractivity contribution is 5.71. The Bertz CT molecular complexity index is 1230. The summed E-state index contributed by atoms with van der Waals surface area (Å²) in [5, 5.41) is 52.3. The first-order chi connectivity index (χ1) is 23.3. The van der Waals surface area contributed by atoms with Crippen LogP contribution in [0.25, 0.3) is 0 Å². The summed E-state index contributed by atoms with van der Waals surface area (Å²) in [7, 11) is 0. The lowest BCUT2D eigenvalue weighted by atomic mass is 9.78. The first-order valence-corrected chi connectivity index (χ1v) is 19.2. The van der Waals surface area contributed by atoms with Crippen LogP contribution in [0.5, 0.6) is 0 Å². The SMILES string of the molecule is C/C(=C\[C@@H](C)C(=O)O)CC[C@@H](O)CC1C[C@@H](O)[C@@H](C)[C@]2(O1)O[C@](C)([C@H]1CC[C@@](C)([C@@H]3O[C@@H]([C@H]4O[C@@](O)(CO)[C@H](C)C[C@@H]4C)C[C@@H]3C)O1)C[C@H]2C. The fraction of sp³-hybridized carbons (Fsp3) is 0.923. The predicted molar refractivity (Wildman–Crippen MR) is 186 cm³/mol. The van der Waals surface area contributed by atoms with Crippen molar-refractivity contribution >= 4 is 5.97 Å². The molecule has 0 aliphatic carbocycles. The summed E-state index contributed by atoms with van der Waals surface area (Å²) in [6.45, 7) is 17.6. The van der Waals surface area contributed by atoms with Gasteiger partial charge in [-0.1, -0.05) is 46.3 Å². The molecule has 0 amide bonds. The first-order valence-electron chi connectivity index (χ1n) is 19.2. The number of hydrogen-bond acceptors (Lipinski definition) is 10. The number of aliphatic hydroxyl groups is 4. The minimum Gasteiger partial charge on any atom is -0.481 e. The molecule has 11 heteroatoms. The molecule has 5 N–H and O–H groups in total. The van der Waals surface area contributed by atoms with Gasteiger partial charge in [-0.25, -0.2) is 0 Å². The van der Waals surface area contributed by atoms with E-state index in [-0.39, 0.29) is 54.0 Å². The third-order valence-corrected chi connectivity index (χ3v) is 13.2. The molecular weight excluding hydrogens is 644 g/mol. The zero-order valence-corrected chi connectivity index (χ0v) is 31.8. The number of ether oxygens (including phenoxy) is 5. The zero-order chi connectivity index (χ0) is 37.0. The lowest BCUT2D eigenvalue weighted by molar-refractivity contribution is -0.350. The highest BCUT2D eigenvalue weighted by Crippen LogP contribution is 2.56. The number of carbonyl (C=O) groups is 1. The summed E-state index contributed by atoms with van der Waals surface area (Å²) in [6, 6.07) is 0. The van der Waals surface area contributed by atoms with Crippen LogP contribution in [0.15, 0.2) is 11.6 Å². The summed E-state index contributed by atoms with van der Waals surface area (Å²) >= 11 is 0. The van der Waals surface area contributed by atoms with Gasteiger partial charge in [0.25, 0.3) is 0 Å². The monoisotopic (exact) mass is 710 g/mol. The molecule has 0 bridgehead atoms. The molecule has 17 atom stereocenters. The summed E-state index contributed by atoms with van der Waals surface area (Å²) in [5.74, 6) is -4.14. The van der Waals surface area contributed by atoms with Gasteiger partial charge in [-0.15, -0.1) is 0 Å². The Morgan fingerprint density at radius 3 is 2.34 bits per heavy atom. The van der Waals surface area contributed by atoms with Gasteiger partial charge in [0, 0.05) is 24.2 Å². The van der Waals surface area contributed by atoms with Crippen LogP contribution in [0.2, 0.25) is 0 Å². The standard InChI is InChI=1S/C39H66O11/c1-21(14-24(4)35(43)44)10-11-28(41)17-29-18-30(42)27(7)39(47-29)26(6)19-37(9,50-39)32-12-13-36(8,48-32)34-23(3)16-31(46-34)33-22(2)15-25(5)38(45,20-40)49-33/h14,22-34,40-42,45H,10-13,15-20H2,1-9H3,(H,43,44)/b21-14+/t22-,23-,24+,25+,26+,27+,28+,29?,30+,31+,32+,33-,34+,36-,37-,38-,39+/m0/s1. The molecule has 1 unspecified atom stereocenters. The van der Waals surface area contributed by atoms with E-state index >= 15 is 0 Å². The molecule has 5 saturated heterocycles. The second-order valence-electron chi connectivity index (χ2n) is 17.6. The number of aliphatic carboxylic acids is 1. The Morgan fingerprint density at radius 1 is 0.980 bits per heavy atom. The van der Waals surface area contributed by atoms with Crippen LogP contribution < -0.4 is 0 Å². The highest BCUT2D eigenvalue weighted by atomic mass is 16.7. The van der Waals surface area contributed by atoms with E-state index in [0.29, 0.717) is 32.1 Å². The average Bonchev–Trinajstić information content (AvgIpc) is 3.71. The van der Waals surface area contributed by atoms with E-state index < -0.39 is 59.6 Å². The second-order valence-corrected chi connectivity index (χ2v) is 17.6. The van der Waals surface area contributed by atoms with Gasteiger partial charge in [0.15, 0.2) is 11.6 Å². The molecule has 0 radical (unpaired) electrons. The summed E-state index contributed by atoms with van der Waals surface area (Å²) in [6.07, 6.45) is 4.72. The van der Waals surface area contributed by atoms with Crippen LogP contribution in [0.3, 0.4) is 0 Å². The Kier molecular flexibility index (Phi) is 12.0. The maximum atomic E-state index is 11.3. The summed E-state index contributed by atoms with van der Waals surface area (Å²) < 4.78 is 33.7. The molecule has 5 aliphatic rings. The molecule has 5 rings (SSSR count). The Morgan fingerprint density at radius 2 is 1.68 bits per heavy atom. The van der Waals surface area contributed by atoms with E-state index in [1.54, 1.807) is 13.0 Å². The molecule has 0 saturated carbocycles. The molecule has 0 aromatic heterocycles. The van der Waals surface area contributed by atoms with Crippen LogP contribution in [0, 0.1) is 35.5 Å². The minimum absolute atomic E-state index is 0.0288. The summed E-state index contributed by atoms with van der Waals surface area (Å²) in [5.41, 5.74) is -0.290. The van der Waals surface area contributed by atoms with E-state index in [2.05, 4.69) is 34.6 Å². The van der Waals surface area contributed by atoms with Crippen LogP contribution >= 0.6 is 0 Å². The van der Waals surface area contributed by atoms with Crippen LogP contribution in [0.1, 0.15) is 120 Å². The number of aliphatic hydroxyl groups excluding tert-OH is 3. The van der Waals surface area contributed by atoms with Gasteiger partial charge in [-0.05, 0) is 90.9 Å². The minimum atomic E-state index is -1.57. The molecule has 288 valence electrons. The van der Waals surface area contributed by atoms with Crippen molar-refractivity contribution < 1.29 is 54.0 Å². The molecule has 5 aliphatic heterocycles. The number of carboxylic acids is 1. The average molecular weight is 711 g/mol. The van der Waals surface area contributed by atoms with Crippen molar-refractivity contribution in [1.29, 1.82) is 0 Å². The molecule has 11 nitrogen and oxygen atoms in total. The Hall–Kier alpha value is -1.15. The van der Waals surface area contributed by atoms with Crippen molar-refractivity contribution in [1.82, 2.24) is 0 Å². The van der Waals surface area contributed by atoms with E-state index in [1.807, 2.05) is 20.8 Å². The first kappa shape index (κ1) is 40.0. The molecule has 0 aromatic rings. The molecule has 5 heterocycles. The van der Waals surface area contributed by atoms with Crippen molar-refractivity contribution in [2.45, 2.75) is 186 Å². The van der Waals surface area contributed by atoms with Gasteiger partial charge in [0.1, 0.15) is 0 Å². The lowest BCUT2D eigenvalue weighted by Crippen LogP contribution is -2.57. The quantitative estimate of drug-likeness (QED) is 0.184. The van der Waals surface area contributed by atoms with Gasteiger partial charge in [-0.3, -0.25) is 4.79 Å². The van der Waals surface area contributed by atoms with Crippen molar-refractivity contribution in [3.05, 3.63) is 11.6 Å². The van der Waals surface area contributed by atoms with Gasteiger partial charge in [0.05, 0.1) is 66.5 Å². The van der Waals surface area contributed by atoms with Crippen molar-refractivity contribution in [2.75, 3.05) is 6.61 Å². The number of allylic oxidation sites excluding steroid dienone is 1. The van der Waals surface area contributed by atoms with Gasteiger partial charge in [0.2, 0.25) is 0 Å². The van der Waals surface area contributed by atoms with Crippen molar-refractivity contribution in [2.24, 2.45) is 35.5 Å². The van der Waals surface area contributed by atoms with E-state index in [4.69, 9.17) is 23.7 Å². The number of carboxylic acid groups (broad SMARTS) is 1. The Labute approximate surface area is 299 Å². The third kappa shape index (κ3) is 7.73. The molecule has 50 heavy (non-hydrogen) atoms. The van der Waals surface area contributed by atoms with E-state index in [0.717, 1.165) is 31.3 Å². The number of hydrogen-bond donors (Lipinski definition) is 5. The van der Waals surface area contributed by atoms with Crippen LogP contribution in [0.4, 0.5) is 0 Å². The zero-order valence-electron chi connectivity index (χ0n) is 31.8. The third-order valence-electron chi connectivity index (χ3n) is 13.2. The normalized spacial score (nSPS) is 49.8. The molecule has 0 aromatic carbocycles. The molecular formula is C39H66O11. The highest BCUT2D eigenvalue weighted by Gasteiger charge is 2.64. The maximum absolute atomic E-state index is 11.3. The summed E-state index contributed by atoms with van der Waals surface area (Å²) in [4.78, 5) is 11.2. The van der Waals surface area contributed by atoms with Crippen LogP contribution in [-0.2, 0) is 28.5 Å². The maximum Gasteiger partial charge on any atom is 0.310 e. The van der Waals surface area contributed by atoms with Crippen LogP contribution in [-0.4, -0.2) is 104 Å². The molecule has 1 spiro atoms. The predicted octanol–water partition coefficient (Wildman–Crippen LogP) is 4.96. The van der Waals surface area contributed by atoms with E-state index in [9.17, 15) is 30.3 Å². The largest absolute Gasteiger partial charge is 0.481 e. The lowest BCUT2D eigenvalue weighted by Gasteiger charge is -2.49. The Balaban J connectivity index is 1.22. The van der Waals surface area contributed by atoms with Crippen molar-refractivity contribution in [3.63, 3.8) is 0 Å². The molecule has 5 fully saturated rings. The number of rotatable bonds is 11. The smallest absolute Gasteiger partial charge is 0.310 e. The van der Waals surface area contributed by atoms with Gasteiger partial charge >= 0.3 is 5.97 Å². The van der Waals surface area contributed by atoms with Gasteiger partial charge in [-0.2, -0.15) is 0 Å². The van der Waals surface area contributed by atoms with E-state index in [1.165, 1.54) is 0 Å². The van der Waals surface area contributed by atoms with Gasteiger partial charge < -0.3 is 49.2 Å². The fourth-order valence-electron chi connectivity index (χ4n) is 10.1. The van der Waals surface area contributed by atoms with Crippen molar-refractivity contribution in [3.8, 4) is 0 Å². The fourth-order valence-corrected chi connectivity index (χ4v) is 10.1. The second kappa shape index (κ2) is 14.9. The topological polar surface area (TPSA) is 164 Å².